The summed E-state index contributed by atoms with van der Waals surface area (Å²) in [6.45, 7) is 1.11. The summed E-state index contributed by atoms with van der Waals surface area (Å²) in [6, 6.07) is 13.1. The number of aromatic nitrogens is 1. The van der Waals surface area contributed by atoms with Crippen LogP contribution >= 0.6 is 11.3 Å². The molecular weight excluding hydrogens is 290 g/mol. The van der Waals surface area contributed by atoms with Crippen LogP contribution in [0, 0.1) is 0 Å². The zero-order valence-corrected chi connectivity index (χ0v) is 13.2. The molecule has 2 N–H and O–H groups in total. The second-order valence-electron chi connectivity index (χ2n) is 5.69. The van der Waals surface area contributed by atoms with Crippen LogP contribution in [-0.4, -0.2) is 18.6 Å². The van der Waals surface area contributed by atoms with Gasteiger partial charge in [-0.3, -0.25) is 4.98 Å². The first kappa shape index (κ1) is 13.3. The predicted molar refractivity (Wildman–Crippen MR) is 94.4 cm³/mol. The van der Waals surface area contributed by atoms with Crippen molar-refractivity contribution < 1.29 is 0 Å². The van der Waals surface area contributed by atoms with Crippen molar-refractivity contribution in [3.63, 3.8) is 0 Å². The largest absolute Gasteiger partial charge is 0.397 e. The Labute approximate surface area is 134 Å². The molecule has 22 heavy (non-hydrogen) atoms. The first-order valence-corrected chi connectivity index (χ1v) is 8.17. The number of likely N-dealkylation sites (N-methyl/N-ethyl adjacent to an activating group) is 1. The van der Waals surface area contributed by atoms with E-state index in [9.17, 15) is 0 Å². The molecule has 0 saturated carbocycles. The third-order valence-electron chi connectivity index (χ3n) is 4.14. The molecule has 0 atom stereocenters. The van der Waals surface area contributed by atoms with Crippen LogP contribution in [0.4, 0.5) is 11.4 Å². The van der Waals surface area contributed by atoms with Crippen molar-refractivity contribution in [2.24, 2.45) is 0 Å². The van der Waals surface area contributed by atoms with Crippen molar-refractivity contribution in [3.05, 3.63) is 54.4 Å². The predicted octanol–water partition coefficient (Wildman–Crippen LogP) is 4.05. The lowest BCUT2D eigenvalue weighted by Gasteiger charge is -2.11. The summed E-state index contributed by atoms with van der Waals surface area (Å²) < 4.78 is 0. The molecule has 0 fully saturated rings. The van der Waals surface area contributed by atoms with Gasteiger partial charge in [0.2, 0.25) is 0 Å². The fraction of sp³-hybridized carbons (Fsp3) is 0.167. The Morgan fingerprint density at radius 3 is 2.68 bits per heavy atom. The summed E-state index contributed by atoms with van der Waals surface area (Å²) in [5.74, 6) is 0. The van der Waals surface area contributed by atoms with E-state index in [-0.39, 0.29) is 0 Å². The van der Waals surface area contributed by atoms with Crippen molar-refractivity contribution in [1.82, 2.24) is 4.98 Å². The summed E-state index contributed by atoms with van der Waals surface area (Å²) in [5.41, 5.74) is 11.7. The lowest BCUT2D eigenvalue weighted by molar-refractivity contribution is 0.956. The quantitative estimate of drug-likeness (QED) is 0.776. The molecule has 0 radical (unpaired) electrons. The van der Waals surface area contributed by atoms with Gasteiger partial charge in [0.15, 0.2) is 0 Å². The fourth-order valence-electron chi connectivity index (χ4n) is 2.96. The summed E-state index contributed by atoms with van der Waals surface area (Å²) >= 11 is 1.78. The number of fused-ring (bicyclic) bond motifs is 1. The van der Waals surface area contributed by atoms with E-state index in [0.29, 0.717) is 5.69 Å². The van der Waals surface area contributed by atoms with E-state index >= 15 is 0 Å². The first-order valence-electron chi connectivity index (χ1n) is 7.36. The van der Waals surface area contributed by atoms with Crippen molar-refractivity contribution in [2.75, 3.05) is 24.2 Å². The molecule has 3 nitrogen and oxygen atoms in total. The van der Waals surface area contributed by atoms with E-state index in [1.807, 2.05) is 12.3 Å². The minimum absolute atomic E-state index is 0.702. The number of nitrogens with zero attached hydrogens (tertiary/aromatic N) is 2. The van der Waals surface area contributed by atoms with Gasteiger partial charge >= 0.3 is 0 Å². The Balaban J connectivity index is 1.70. The van der Waals surface area contributed by atoms with E-state index in [4.69, 9.17) is 5.73 Å². The third-order valence-corrected chi connectivity index (χ3v) is 5.33. The minimum Gasteiger partial charge on any atom is -0.397 e. The van der Waals surface area contributed by atoms with Gasteiger partial charge in [-0.25, -0.2) is 0 Å². The van der Waals surface area contributed by atoms with Gasteiger partial charge in [-0.05, 0) is 47.9 Å². The summed E-state index contributed by atoms with van der Waals surface area (Å²) in [6.07, 6.45) is 4.68. The maximum atomic E-state index is 5.83. The highest BCUT2D eigenvalue weighted by Crippen LogP contribution is 2.37. The molecule has 1 aliphatic heterocycles. The molecule has 3 aromatic rings. The van der Waals surface area contributed by atoms with E-state index in [1.165, 1.54) is 26.6 Å². The van der Waals surface area contributed by atoms with Crippen LogP contribution in [0.2, 0.25) is 0 Å². The number of thiophene rings is 1. The van der Waals surface area contributed by atoms with Crippen molar-refractivity contribution in [3.8, 4) is 20.9 Å². The zero-order valence-electron chi connectivity index (χ0n) is 12.4. The number of nitrogens with two attached hydrogens (primary N) is 1. The smallest absolute Gasteiger partial charge is 0.0507 e. The van der Waals surface area contributed by atoms with Crippen LogP contribution in [-0.2, 0) is 6.42 Å². The van der Waals surface area contributed by atoms with E-state index in [2.05, 4.69) is 47.3 Å². The minimum atomic E-state index is 0.702. The van der Waals surface area contributed by atoms with Crippen LogP contribution in [0.5, 0.6) is 0 Å². The number of rotatable bonds is 2. The number of hydrogen-bond acceptors (Lipinski definition) is 4. The first-order chi connectivity index (χ1) is 10.7. The van der Waals surface area contributed by atoms with Crippen LogP contribution < -0.4 is 10.6 Å². The molecule has 0 unspecified atom stereocenters. The van der Waals surface area contributed by atoms with Crippen molar-refractivity contribution in [2.45, 2.75) is 6.42 Å². The lowest BCUT2D eigenvalue weighted by Crippen LogP contribution is -2.12. The molecule has 110 valence electrons. The SMILES string of the molecule is CN1CCc2cc(-c3ccc(-c4cncc(N)c4)s3)ccc21. The van der Waals surface area contributed by atoms with Gasteiger partial charge in [0.05, 0.1) is 5.69 Å². The number of hydrogen-bond donors (Lipinski definition) is 1. The van der Waals surface area contributed by atoms with Crippen molar-refractivity contribution >= 4 is 22.7 Å². The molecule has 0 saturated heterocycles. The van der Waals surface area contributed by atoms with Gasteiger partial charge in [0, 0.05) is 47.0 Å². The highest BCUT2D eigenvalue weighted by atomic mass is 32.1. The molecule has 3 heterocycles. The Kier molecular flexibility index (Phi) is 3.12. The Morgan fingerprint density at radius 1 is 1.05 bits per heavy atom. The van der Waals surface area contributed by atoms with Crippen molar-refractivity contribution in [1.29, 1.82) is 0 Å². The molecule has 2 aromatic heterocycles. The summed E-state index contributed by atoms with van der Waals surface area (Å²) in [7, 11) is 2.15. The molecule has 4 rings (SSSR count). The van der Waals surface area contributed by atoms with Crippen LogP contribution in [0.25, 0.3) is 20.9 Å². The molecule has 0 bridgehead atoms. The Hall–Kier alpha value is -2.33. The molecule has 1 aromatic carbocycles. The van der Waals surface area contributed by atoms with E-state index in [0.717, 1.165) is 18.5 Å². The number of anilines is 2. The Morgan fingerprint density at radius 2 is 1.86 bits per heavy atom. The normalized spacial score (nSPS) is 13.4. The summed E-state index contributed by atoms with van der Waals surface area (Å²) in [4.78, 5) is 8.98. The van der Waals surface area contributed by atoms with E-state index in [1.54, 1.807) is 17.5 Å². The standard InChI is InChI=1S/C18H17N3S/c1-21-7-6-12-8-13(2-3-16(12)21)17-4-5-18(22-17)14-9-15(19)11-20-10-14/h2-5,8-11H,6-7,19H2,1H3. The van der Waals surface area contributed by atoms with Gasteiger partial charge in [-0.15, -0.1) is 11.3 Å². The average Bonchev–Trinajstić information content (AvgIpc) is 3.15. The Bertz CT molecular complexity index is 838. The number of benzene rings is 1. The van der Waals surface area contributed by atoms with Crippen LogP contribution in [0.3, 0.4) is 0 Å². The van der Waals surface area contributed by atoms with Gasteiger partial charge in [0.25, 0.3) is 0 Å². The maximum absolute atomic E-state index is 5.83. The van der Waals surface area contributed by atoms with Gasteiger partial charge in [-0.1, -0.05) is 6.07 Å². The second-order valence-corrected chi connectivity index (χ2v) is 6.77. The molecule has 4 heteroatoms. The topological polar surface area (TPSA) is 42.2 Å². The van der Waals surface area contributed by atoms with E-state index < -0.39 is 0 Å². The monoisotopic (exact) mass is 307 g/mol. The molecule has 0 spiro atoms. The highest BCUT2D eigenvalue weighted by Gasteiger charge is 2.16. The molecule has 0 aliphatic carbocycles. The number of nitrogen functional groups attached to an aromatic ring is 1. The molecule has 0 amide bonds. The van der Waals surface area contributed by atoms with Gasteiger partial charge in [-0.2, -0.15) is 0 Å². The van der Waals surface area contributed by atoms with Crippen LogP contribution in [0.15, 0.2) is 48.8 Å². The molecule has 1 aliphatic rings. The molecular formula is C18H17N3S. The number of pyridine rings is 1. The fourth-order valence-corrected chi connectivity index (χ4v) is 3.94. The van der Waals surface area contributed by atoms with Crippen LogP contribution in [0.1, 0.15) is 5.56 Å². The average molecular weight is 307 g/mol. The zero-order chi connectivity index (χ0) is 15.1. The highest BCUT2D eigenvalue weighted by molar-refractivity contribution is 7.18. The van der Waals surface area contributed by atoms with Gasteiger partial charge < -0.3 is 10.6 Å². The second kappa shape index (κ2) is 5.14. The lowest BCUT2D eigenvalue weighted by atomic mass is 10.1. The maximum Gasteiger partial charge on any atom is 0.0507 e. The van der Waals surface area contributed by atoms with Gasteiger partial charge in [0.1, 0.15) is 0 Å². The third kappa shape index (κ3) is 2.25. The summed E-state index contributed by atoms with van der Waals surface area (Å²) in [5, 5.41) is 0.